The van der Waals surface area contributed by atoms with Crippen molar-refractivity contribution in [3.63, 3.8) is 0 Å². The van der Waals surface area contributed by atoms with Crippen molar-refractivity contribution in [1.82, 2.24) is 4.90 Å². The number of carboxylic acids is 1. The van der Waals surface area contributed by atoms with Crippen LogP contribution in [0.4, 0.5) is 0 Å². The highest BCUT2D eigenvalue weighted by atomic mass is 32.2. The van der Waals surface area contributed by atoms with E-state index in [0.29, 0.717) is 11.5 Å². The largest absolute Gasteiger partial charge is 0.477 e. The molecular formula is C9H12N2O3S2. The van der Waals surface area contributed by atoms with Crippen LogP contribution in [-0.4, -0.2) is 51.1 Å². The van der Waals surface area contributed by atoms with Crippen molar-refractivity contribution in [3.8, 4) is 0 Å². The van der Waals surface area contributed by atoms with Gasteiger partial charge in [-0.05, 0) is 11.8 Å². The summed E-state index contributed by atoms with van der Waals surface area (Å²) in [6, 6.07) is -0.546. The summed E-state index contributed by atoms with van der Waals surface area (Å²) in [5.41, 5.74) is 6.58. The van der Waals surface area contributed by atoms with Gasteiger partial charge in [0.1, 0.15) is 17.1 Å². The molecule has 2 atom stereocenters. The Bertz CT molecular complexity index is 383. The molecule has 5 nitrogen and oxygen atoms in total. The van der Waals surface area contributed by atoms with E-state index in [9.17, 15) is 9.59 Å². The zero-order chi connectivity index (χ0) is 11.9. The van der Waals surface area contributed by atoms with Gasteiger partial charge in [0.15, 0.2) is 0 Å². The summed E-state index contributed by atoms with van der Waals surface area (Å²) in [6.07, 6.45) is 1.91. The zero-order valence-electron chi connectivity index (χ0n) is 8.67. The molecule has 0 radical (unpaired) electrons. The van der Waals surface area contributed by atoms with Gasteiger partial charge in [-0.2, -0.15) is 11.8 Å². The molecule has 1 fully saturated rings. The second-order valence-corrected chi connectivity index (χ2v) is 5.60. The Labute approximate surface area is 101 Å². The van der Waals surface area contributed by atoms with Gasteiger partial charge in [0.05, 0.1) is 0 Å². The Kier molecular flexibility index (Phi) is 3.18. The van der Waals surface area contributed by atoms with Crippen LogP contribution in [0.25, 0.3) is 0 Å². The molecule has 0 aromatic rings. The van der Waals surface area contributed by atoms with Gasteiger partial charge in [-0.25, -0.2) is 4.79 Å². The zero-order valence-corrected chi connectivity index (χ0v) is 10.3. The molecule has 1 unspecified atom stereocenters. The summed E-state index contributed by atoms with van der Waals surface area (Å²) in [5.74, 6) is -0.0341. The number of hydrogen-bond acceptors (Lipinski definition) is 5. The maximum Gasteiger partial charge on any atom is 0.352 e. The molecule has 0 saturated carbocycles. The molecule has 2 aliphatic heterocycles. The van der Waals surface area contributed by atoms with E-state index in [1.165, 1.54) is 16.7 Å². The molecule has 1 saturated heterocycles. The fourth-order valence-electron chi connectivity index (χ4n) is 1.87. The number of carbonyl (C=O) groups excluding carboxylic acids is 1. The Morgan fingerprint density at radius 3 is 3.00 bits per heavy atom. The number of carbonyl (C=O) groups is 2. The topological polar surface area (TPSA) is 83.6 Å². The Hall–Kier alpha value is -0.660. The van der Waals surface area contributed by atoms with Gasteiger partial charge in [-0.3, -0.25) is 9.69 Å². The fourth-order valence-corrected chi connectivity index (χ4v) is 3.87. The molecule has 0 bridgehead atoms. The highest BCUT2D eigenvalue weighted by Crippen LogP contribution is 2.39. The van der Waals surface area contributed by atoms with Crippen molar-refractivity contribution in [2.75, 3.05) is 17.8 Å². The number of nitrogens with two attached hydrogens (primary N) is 1. The van der Waals surface area contributed by atoms with Crippen LogP contribution in [0.15, 0.2) is 11.3 Å². The summed E-state index contributed by atoms with van der Waals surface area (Å²) >= 11 is 3.09. The van der Waals surface area contributed by atoms with E-state index in [-0.39, 0.29) is 17.0 Å². The van der Waals surface area contributed by atoms with Crippen LogP contribution >= 0.6 is 23.5 Å². The number of hydrogen-bond donors (Lipinski definition) is 2. The molecule has 2 rings (SSSR count). The average molecular weight is 260 g/mol. The van der Waals surface area contributed by atoms with Crippen LogP contribution in [0.5, 0.6) is 0 Å². The van der Waals surface area contributed by atoms with E-state index in [0.717, 1.165) is 5.57 Å². The maximum absolute atomic E-state index is 11.5. The minimum Gasteiger partial charge on any atom is -0.477 e. The minimum absolute atomic E-state index is 0.143. The molecule has 16 heavy (non-hydrogen) atoms. The number of nitrogens with zero attached hydrogens (tertiary/aromatic N) is 1. The number of carboxylic acid groups (broad SMARTS) is 1. The number of thioether (sulfide) groups is 2. The highest BCUT2D eigenvalue weighted by Gasteiger charge is 2.51. The molecule has 2 heterocycles. The van der Waals surface area contributed by atoms with E-state index in [2.05, 4.69) is 0 Å². The molecule has 1 amide bonds. The second kappa shape index (κ2) is 4.31. The first-order chi connectivity index (χ1) is 7.57. The minimum atomic E-state index is -1.03. The van der Waals surface area contributed by atoms with Gasteiger partial charge in [0, 0.05) is 11.5 Å². The third-order valence-corrected chi connectivity index (χ3v) is 4.61. The molecular weight excluding hydrogens is 248 g/mol. The average Bonchev–Trinajstić information content (AvgIpc) is 2.27. The first-order valence-electron chi connectivity index (χ1n) is 4.72. The standard InChI is InChI=1S/C9H12N2O3S2/c1-15-2-4-3-16-8-5(10)7(12)11(8)6(4)9(13)14/h5,8H,2-3,10H2,1H3,(H,13,14)/t5?,8-/m0/s1. The first kappa shape index (κ1) is 11.8. The molecule has 0 aromatic carbocycles. The second-order valence-electron chi connectivity index (χ2n) is 3.63. The predicted molar refractivity (Wildman–Crippen MR) is 64.1 cm³/mol. The van der Waals surface area contributed by atoms with Crippen LogP contribution in [0.3, 0.4) is 0 Å². The van der Waals surface area contributed by atoms with Crippen LogP contribution in [0.2, 0.25) is 0 Å². The van der Waals surface area contributed by atoms with Crippen molar-refractivity contribution in [2.24, 2.45) is 5.73 Å². The molecule has 88 valence electrons. The van der Waals surface area contributed by atoms with Gasteiger partial charge in [-0.1, -0.05) is 0 Å². The number of β-lactam (4-membered cyclic amide) rings is 1. The van der Waals surface area contributed by atoms with Gasteiger partial charge in [0.25, 0.3) is 0 Å². The Morgan fingerprint density at radius 1 is 1.75 bits per heavy atom. The summed E-state index contributed by atoms with van der Waals surface area (Å²) in [6.45, 7) is 0. The predicted octanol–water partition coefficient (Wildman–Crippen LogP) is -0.0695. The van der Waals surface area contributed by atoms with Crippen LogP contribution in [0, 0.1) is 0 Å². The summed E-state index contributed by atoms with van der Waals surface area (Å²) in [4.78, 5) is 24.0. The maximum atomic E-state index is 11.5. The van der Waals surface area contributed by atoms with E-state index in [1.54, 1.807) is 11.8 Å². The molecule has 0 aliphatic carbocycles. The van der Waals surface area contributed by atoms with Gasteiger partial charge >= 0.3 is 5.97 Å². The van der Waals surface area contributed by atoms with Crippen molar-refractivity contribution in [2.45, 2.75) is 11.4 Å². The molecule has 0 spiro atoms. The smallest absolute Gasteiger partial charge is 0.352 e. The van der Waals surface area contributed by atoms with Crippen LogP contribution in [0.1, 0.15) is 0 Å². The monoisotopic (exact) mass is 260 g/mol. The molecule has 3 N–H and O–H groups in total. The van der Waals surface area contributed by atoms with E-state index in [4.69, 9.17) is 10.8 Å². The summed E-state index contributed by atoms with van der Waals surface area (Å²) in [7, 11) is 0. The fraction of sp³-hybridized carbons (Fsp3) is 0.556. The Morgan fingerprint density at radius 2 is 2.44 bits per heavy atom. The molecule has 7 heteroatoms. The number of amides is 1. The summed E-state index contributed by atoms with van der Waals surface area (Å²) in [5, 5.41) is 8.96. The quantitative estimate of drug-likeness (QED) is 0.691. The normalized spacial score (nSPS) is 28.9. The number of aliphatic carboxylic acids is 1. The Balaban J connectivity index is 2.34. The van der Waals surface area contributed by atoms with Gasteiger partial charge < -0.3 is 10.8 Å². The van der Waals surface area contributed by atoms with Gasteiger partial charge in [-0.15, -0.1) is 11.8 Å². The summed E-state index contributed by atoms with van der Waals surface area (Å²) < 4.78 is 0. The lowest BCUT2D eigenvalue weighted by Crippen LogP contribution is -2.68. The number of fused-ring (bicyclic) bond motifs is 1. The third-order valence-electron chi connectivity index (χ3n) is 2.61. The number of rotatable bonds is 3. The van der Waals surface area contributed by atoms with Crippen molar-refractivity contribution >= 4 is 35.4 Å². The van der Waals surface area contributed by atoms with E-state index >= 15 is 0 Å². The lowest BCUT2D eigenvalue weighted by atomic mass is 10.0. The van der Waals surface area contributed by atoms with Crippen LogP contribution < -0.4 is 5.73 Å². The van der Waals surface area contributed by atoms with E-state index in [1.807, 2.05) is 6.26 Å². The van der Waals surface area contributed by atoms with Gasteiger partial charge in [0.2, 0.25) is 5.91 Å². The molecule has 0 aromatic heterocycles. The van der Waals surface area contributed by atoms with Crippen molar-refractivity contribution in [3.05, 3.63) is 11.3 Å². The van der Waals surface area contributed by atoms with Crippen LogP contribution in [-0.2, 0) is 9.59 Å². The SMILES string of the molecule is CSCC1=C(C(=O)O)N2C(=O)C(N)[C@@H]2SC1. The molecule has 2 aliphatic rings. The van der Waals surface area contributed by atoms with E-state index < -0.39 is 12.0 Å². The lowest BCUT2D eigenvalue weighted by Gasteiger charge is -2.48. The van der Waals surface area contributed by atoms with Crippen molar-refractivity contribution < 1.29 is 14.7 Å². The van der Waals surface area contributed by atoms with Crippen molar-refractivity contribution in [1.29, 1.82) is 0 Å². The highest BCUT2D eigenvalue weighted by molar-refractivity contribution is 8.00. The first-order valence-corrected chi connectivity index (χ1v) is 7.16. The lowest BCUT2D eigenvalue weighted by molar-refractivity contribution is -0.147. The third kappa shape index (κ3) is 1.63.